The van der Waals surface area contributed by atoms with E-state index in [0.29, 0.717) is 12.1 Å². The van der Waals surface area contributed by atoms with Gasteiger partial charge in [-0.25, -0.2) is 0 Å². The molecular formula is C13H23N3O. The van der Waals surface area contributed by atoms with Gasteiger partial charge in [-0.3, -0.25) is 4.68 Å². The molecule has 96 valence electrons. The Balaban J connectivity index is 1.86. The Morgan fingerprint density at radius 2 is 2.35 bits per heavy atom. The molecule has 2 heterocycles. The molecule has 1 unspecified atom stereocenters. The van der Waals surface area contributed by atoms with Crippen molar-refractivity contribution in [1.29, 1.82) is 0 Å². The molecule has 1 aliphatic heterocycles. The standard InChI is InChI=1S/C13H23N3O/c1-3-11(4-2)15-12-8-14-16(9-12)10-13-6-5-7-17-13/h8-9,11,13,15H,3-7,10H2,1-2H3. The number of ether oxygens (including phenoxy) is 1. The fourth-order valence-corrected chi connectivity index (χ4v) is 2.26. The van der Waals surface area contributed by atoms with Crippen molar-refractivity contribution in [3.05, 3.63) is 12.4 Å². The Kier molecular flexibility index (Phi) is 4.42. The summed E-state index contributed by atoms with van der Waals surface area (Å²) in [5.41, 5.74) is 1.12. The normalized spacial score (nSPS) is 20.1. The molecule has 4 heteroatoms. The second-order valence-corrected chi connectivity index (χ2v) is 4.74. The van der Waals surface area contributed by atoms with E-state index in [4.69, 9.17) is 4.74 Å². The molecule has 0 aromatic carbocycles. The fourth-order valence-electron chi connectivity index (χ4n) is 2.26. The lowest BCUT2D eigenvalue weighted by Gasteiger charge is -2.14. The summed E-state index contributed by atoms with van der Waals surface area (Å²) in [6.45, 7) is 6.20. The Morgan fingerprint density at radius 3 is 3.00 bits per heavy atom. The van der Waals surface area contributed by atoms with Crippen molar-refractivity contribution in [2.45, 2.75) is 58.2 Å². The third-order valence-electron chi connectivity index (χ3n) is 3.40. The summed E-state index contributed by atoms with van der Waals surface area (Å²) in [5, 5.41) is 7.87. The SMILES string of the molecule is CCC(CC)Nc1cnn(CC2CCCO2)c1. The highest BCUT2D eigenvalue weighted by Crippen LogP contribution is 2.15. The van der Waals surface area contributed by atoms with Gasteiger partial charge in [-0.2, -0.15) is 5.10 Å². The van der Waals surface area contributed by atoms with Crippen LogP contribution >= 0.6 is 0 Å². The predicted molar refractivity (Wildman–Crippen MR) is 69.2 cm³/mol. The molecule has 0 aliphatic carbocycles. The largest absolute Gasteiger partial charge is 0.380 e. The van der Waals surface area contributed by atoms with Crippen LogP contribution in [0.2, 0.25) is 0 Å². The summed E-state index contributed by atoms with van der Waals surface area (Å²) < 4.78 is 7.60. The monoisotopic (exact) mass is 237 g/mol. The molecule has 0 amide bonds. The maximum Gasteiger partial charge on any atom is 0.0771 e. The Bertz CT molecular complexity index is 309. The highest BCUT2D eigenvalue weighted by atomic mass is 16.5. The second kappa shape index (κ2) is 6.05. The molecule has 0 spiro atoms. The number of hydrogen-bond acceptors (Lipinski definition) is 3. The van der Waals surface area contributed by atoms with Gasteiger partial charge in [0.15, 0.2) is 0 Å². The van der Waals surface area contributed by atoms with E-state index in [1.807, 2.05) is 10.9 Å². The van der Waals surface area contributed by atoms with E-state index in [-0.39, 0.29) is 0 Å². The van der Waals surface area contributed by atoms with Crippen molar-refractivity contribution < 1.29 is 4.74 Å². The van der Waals surface area contributed by atoms with Crippen LogP contribution in [0.15, 0.2) is 12.4 Å². The Morgan fingerprint density at radius 1 is 1.53 bits per heavy atom. The van der Waals surface area contributed by atoms with Crippen LogP contribution in [0.4, 0.5) is 5.69 Å². The van der Waals surface area contributed by atoms with E-state index in [2.05, 4.69) is 30.5 Å². The van der Waals surface area contributed by atoms with Crippen molar-refractivity contribution in [1.82, 2.24) is 9.78 Å². The first-order chi connectivity index (χ1) is 8.31. The Hall–Kier alpha value is -1.03. The number of anilines is 1. The zero-order valence-electron chi connectivity index (χ0n) is 10.9. The molecule has 1 fully saturated rings. The van der Waals surface area contributed by atoms with Crippen LogP contribution in [0, 0.1) is 0 Å². The minimum absolute atomic E-state index is 0.357. The summed E-state index contributed by atoms with van der Waals surface area (Å²) in [6, 6.07) is 0.551. The minimum Gasteiger partial charge on any atom is -0.380 e. The summed E-state index contributed by atoms with van der Waals surface area (Å²) >= 11 is 0. The highest BCUT2D eigenvalue weighted by Gasteiger charge is 2.16. The van der Waals surface area contributed by atoms with Gasteiger partial charge in [-0.05, 0) is 25.7 Å². The van der Waals surface area contributed by atoms with Crippen molar-refractivity contribution >= 4 is 5.69 Å². The Labute approximate surface area is 103 Å². The zero-order valence-corrected chi connectivity index (χ0v) is 10.9. The minimum atomic E-state index is 0.357. The number of nitrogens with one attached hydrogen (secondary N) is 1. The van der Waals surface area contributed by atoms with Gasteiger partial charge in [0.25, 0.3) is 0 Å². The quantitative estimate of drug-likeness (QED) is 0.826. The van der Waals surface area contributed by atoms with E-state index in [1.54, 1.807) is 0 Å². The molecule has 1 atom stereocenters. The molecule has 1 aliphatic rings. The molecule has 4 nitrogen and oxygen atoms in total. The van der Waals surface area contributed by atoms with Crippen LogP contribution in [0.1, 0.15) is 39.5 Å². The summed E-state index contributed by atoms with van der Waals surface area (Å²) in [7, 11) is 0. The molecule has 0 radical (unpaired) electrons. The first-order valence-electron chi connectivity index (χ1n) is 6.72. The van der Waals surface area contributed by atoms with Crippen LogP contribution in [0.3, 0.4) is 0 Å². The van der Waals surface area contributed by atoms with Crippen molar-refractivity contribution in [2.75, 3.05) is 11.9 Å². The lowest BCUT2D eigenvalue weighted by molar-refractivity contribution is 0.0940. The van der Waals surface area contributed by atoms with Gasteiger partial charge in [-0.15, -0.1) is 0 Å². The van der Waals surface area contributed by atoms with Crippen LogP contribution in [-0.2, 0) is 11.3 Å². The van der Waals surface area contributed by atoms with Crippen LogP contribution in [-0.4, -0.2) is 28.5 Å². The first kappa shape index (κ1) is 12.4. The highest BCUT2D eigenvalue weighted by molar-refractivity contribution is 5.39. The van der Waals surface area contributed by atoms with Gasteiger partial charge in [0.2, 0.25) is 0 Å². The van der Waals surface area contributed by atoms with Gasteiger partial charge in [-0.1, -0.05) is 13.8 Å². The number of hydrogen-bond donors (Lipinski definition) is 1. The molecule has 0 saturated carbocycles. The van der Waals surface area contributed by atoms with Gasteiger partial charge in [0.05, 0.1) is 24.5 Å². The smallest absolute Gasteiger partial charge is 0.0771 e. The van der Waals surface area contributed by atoms with E-state index in [1.165, 1.54) is 6.42 Å². The van der Waals surface area contributed by atoms with E-state index >= 15 is 0 Å². The molecule has 2 rings (SSSR count). The number of aromatic nitrogens is 2. The molecular weight excluding hydrogens is 214 g/mol. The zero-order chi connectivity index (χ0) is 12.1. The second-order valence-electron chi connectivity index (χ2n) is 4.74. The predicted octanol–water partition coefficient (Wildman–Crippen LogP) is 2.66. The molecule has 1 aromatic heterocycles. The molecule has 1 aromatic rings. The van der Waals surface area contributed by atoms with Crippen LogP contribution in [0.25, 0.3) is 0 Å². The summed E-state index contributed by atoms with van der Waals surface area (Å²) in [5.74, 6) is 0. The molecule has 17 heavy (non-hydrogen) atoms. The average molecular weight is 237 g/mol. The number of rotatable bonds is 6. The summed E-state index contributed by atoms with van der Waals surface area (Å²) in [4.78, 5) is 0. The third kappa shape index (κ3) is 3.46. The summed E-state index contributed by atoms with van der Waals surface area (Å²) in [6.07, 6.45) is 8.99. The van der Waals surface area contributed by atoms with Gasteiger partial charge in [0.1, 0.15) is 0 Å². The van der Waals surface area contributed by atoms with Crippen molar-refractivity contribution in [2.24, 2.45) is 0 Å². The maximum atomic E-state index is 5.61. The fraction of sp³-hybridized carbons (Fsp3) is 0.769. The first-order valence-corrected chi connectivity index (χ1v) is 6.72. The van der Waals surface area contributed by atoms with Gasteiger partial charge >= 0.3 is 0 Å². The third-order valence-corrected chi connectivity index (χ3v) is 3.40. The van der Waals surface area contributed by atoms with Crippen LogP contribution in [0.5, 0.6) is 0 Å². The molecule has 1 N–H and O–H groups in total. The van der Waals surface area contributed by atoms with Crippen LogP contribution < -0.4 is 5.32 Å². The van der Waals surface area contributed by atoms with E-state index < -0.39 is 0 Å². The lowest BCUT2D eigenvalue weighted by atomic mass is 10.2. The van der Waals surface area contributed by atoms with E-state index in [9.17, 15) is 0 Å². The average Bonchev–Trinajstić information content (AvgIpc) is 2.98. The topological polar surface area (TPSA) is 39.1 Å². The maximum absolute atomic E-state index is 5.61. The van der Waals surface area contributed by atoms with E-state index in [0.717, 1.165) is 38.1 Å². The number of nitrogens with zero attached hydrogens (tertiary/aromatic N) is 2. The lowest BCUT2D eigenvalue weighted by Crippen LogP contribution is -2.17. The molecule has 1 saturated heterocycles. The van der Waals surface area contributed by atoms with Gasteiger partial charge in [0, 0.05) is 18.8 Å². The molecule has 0 bridgehead atoms. The van der Waals surface area contributed by atoms with Crippen molar-refractivity contribution in [3.8, 4) is 0 Å². The van der Waals surface area contributed by atoms with Gasteiger partial charge < -0.3 is 10.1 Å². The van der Waals surface area contributed by atoms with Crippen molar-refractivity contribution in [3.63, 3.8) is 0 Å².